The van der Waals surface area contributed by atoms with Gasteiger partial charge in [0, 0.05) is 11.8 Å². The van der Waals surface area contributed by atoms with E-state index in [1.807, 2.05) is 13.8 Å². The highest BCUT2D eigenvalue weighted by Gasteiger charge is 2.31. The largest absolute Gasteiger partial charge is 0.286 e. The molecule has 106 valence electrons. The summed E-state index contributed by atoms with van der Waals surface area (Å²) in [5.41, 5.74) is -1.01. The molecule has 0 bridgehead atoms. The standard InChI is InChI=1S/C17H19F2N/c1-16(2,13-8-4-5-9-14(13)18)20-12-17(3)11-7-6-10-15(17)19/h4-12,15H,1-3H3. The average molecular weight is 275 g/mol. The quantitative estimate of drug-likeness (QED) is 0.715. The van der Waals surface area contributed by atoms with E-state index in [4.69, 9.17) is 0 Å². The van der Waals surface area contributed by atoms with Crippen molar-refractivity contribution >= 4 is 6.21 Å². The summed E-state index contributed by atoms with van der Waals surface area (Å²) in [5, 5.41) is 0. The zero-order chi connectivity index (χ0) is 14.8. The zero-order valence-corrected chi connectivity index (χ0v) is 12.0. The fourth-order valence-electron chi connectivity index (χ4n) is 2.17. The van der Waals surface area contributed by atoms with Crippen LogP contribution in [-0.4, -0.2) is 12.4 Å². The van der Waals surface area contributed by atoms with Gasteiger partial charge in [-0.15, -0.1) is 0 Å². The molecule has 1 aromatic carbocycles. The lowest BCUT2D eigenvalue weighted by molar-refractivity contribution is 0.290. The van der Waals surface area contributed by atoms with E-state index < -0.39 is 17.1 Å². The Morgan fingerprint density at radius 1 is 1.25 bits per heavy atom. The van der Waals surface area contributed by atoms with Gasteiger partial charge in [-0.3, -0.25) is 4.99 Å². The molecule has 1 aliphatic rings. The molecular weight excluding hydrogens is 256 g/mol. The van der Waals surface area contributed by atoms with E-state index in [9.17, 15) is 8.78 Å². The summed E-state index contributed by atoms with van der Waals surface area (Å²) in [7, 11) is 0. The number of hydrogen-bond donors (Lipinski definition) is 0. The molecule has 0 fully saturated rings. The zero-order valence-electron chi connectivity index (χ0n) is 12.0. The summed E-state index contributed by atoms with van der Waals surface area (Å²) in [6.45, 7) is 5.42. The first-order valence-electron chi connectivity index (χ1n) is 6.67. The number of alkyl halides is 1. The van der Waals surface area contributed by atoms with E-state index in [0.717, 1.165) is 0 Å². The molecule has 2 rings (SSSR count). The average Bonchev–Trinajstić information content (AvgIpc) is 2.41. The van der Waals surface area contributed by atoms with E-state index in [2.05, 4.69) is 4.99 Å². The first-order chi connectivity index (χ1) is 9.35. The monoisotopic (exact) mass is 275 g/mol. The van der Waals surface area contributed by atoms with Crippen molar-refractivity contribution in [2.45, 2.75) is 32.5 Å². The number of nitrogens with zero attached hydrogens (tertiary/aromatic N) is 1. The molecule has 1 aliphatic carbocycles. The molecule has 0 saturated heterocycles. The molecule has 0 N–H and O–H groups in total. The van der Waals surface area contributed by atoms with Gasteiger partial charge in [-0.2, -0.15) is 0 Å². The lowest BCUT2D eigenvalue weighted by Crippen LogP contribution is -2.30. The van der Waals surface area contributed by atoms with Gasteiger partial charge >= 0.3 is 0 Å². The molecule has 0 aliphatic heterocycles. The molecule has 0 aromatic heterocycles. The van der Waals surface area contributed by atoms with Crippen molar-refractivity contribution in [2.24, 2.45) is 10.4 Å². The number of hydrogen-bond acceptors (Lipinski definition) is 1. The Balaban J connectivity index is 2.28. The van der Waals surface area contributed by atoms with Gasteiger partial charge < -0.3 is 0 Å². The Labute approximate surface area is 118 Å². The first kappa shape index (κ1) is 14.6. The lowest BCUT2D eigenvalue weighted by Gasteiger charge is -2.28. The van der Waals surface area contributed by atoms with Crippen molar-refractivity contribution < 1.29 is 8.78 Å². The summed E-state index contributed by atoms with van der Waals surface area (Å²) in [6, 6.07) is 6.54. The predicted molar refractivity (Wildman–Crippen MR) is 79.2 cm³/mol. The van der Waals surface area contributed by atoms with Crippen molar-refractivity contribution in [2.75, 3.05) is 0 Å². The molecule has 3 heteroatoms. The fourth-order valence-corrected chi connectivity index (χ4v) is 2.17. The molecule has 0 saturated carbocycles. The van der Waals surface area contributed by atoms with Crippen LogP contribution in [0.15, 0.2) is 53.6 Å². The number of allylic oxidation sites excluding steroid dienone is 4. The Bertz CT molecular complexity index is 572. The van der Waals surface area contributed by atoms with E-state index in [1.54, 1.807) is 49.6 Å². The van der Waals surface area contributed by atoms with E-state index in [-0.39, 0.29) is 5.82 Å². The Morgan fingerprint density at radius 2 is 1.95 bits per heavy atom. The normalized spacial score (nSPS) is 26.4. The smallest absolute Gasteiger partial charge is 0.132 e. The van der Waals surface area contributed by atoms with Crippen LogP contribution in [0.5, 0.6) is 0 Å². The van der Waals surface area contributed by atoms with Gasteiger partial charge in [0.15, 0.2) is 0 Å². The number of halogens is 2. The van der Waals surface area contributed by atoms with Gasteiger partial charge in [0.1, 0.15) is 12.0 Å². The number of benzene rings is 1. The lowest BCUT2D eigenvalue weighted by atomic mass is 9.83. The fraction of sp³-hybridized carbons (Fsp3) is 0.353. The third-order valence-corrected chi connectivity index (χ3v) is 3.64. The topological polar surface area (TPSA) is 12.4 Å². The molecule has 2 atom stereocenters. The summed E-state index contributed by atoms with van der Waals surface area (Å²) in [4.78, 5) is 4.44. The maximum absolute atomic E-state index is 14.0. The van der Waals surface area contributed by atoms with Crippen LogP contribution >= 0.6 is 0 Å². The maximum Gasteiger partial charge on any atom is 0.132 e. The van der Waals surface area contributed by atoms with Gasteiger partial charge in [-0.1, -0.05) is 36.4 Å². The van der Waals surface area contributed by atoms with Gasteiger partial charge in [0.05, 0.1) is 11.0 Å². The van der Waals surface area contributed by atoms with Crippen LogP contribution in [0.1, 0.15) is 26.3 Å². The van der Waals surface area contributed by atoms with Gasteiger partial charge in [0.2, 0.25) is 0 Å². The van der Waals surface area contributed by atoms with Gasteiger partial charge in [-0.25, -0.2) is 8.78 Å². The van der Waals surface area contributed by atoms with Crippen molar-refractivity contribution in [3.8, 4) is 0 Å². The molecule has 1 aromatic rings. The summed E-state index contributed by atoms with van der Waals surface area (Å²) >= 11 is 0. The second-order valence-corrected chi connectivity index (χ2v) is 5.81. The molecule has 1 nitrogen and oxygen atoms in total. The molecule has 0 amide bonds. The van der Waals surface area contributed by atoms with Crippen LogP contribution in [-0.2, 0) is 5.54 Å². The van der Waals surface area contributed by atoms with E-state index in [0.29, 0.717) is 5.56 Å². The van der Waals surface area contributed by atoms with Crippen molar-refractivity contribution in [3.63, 3.8) is 0 Å². The van der Waals surface area contributed by atoms with Crippen LogP contribution in [0.25, 0.3) is 0 Å². The molecule has 0 radical (unpaired) electrons. The molecule has 20 heavy (non-hydrogen) atoms. The summed E-state index contributed by atoms with van der Waals surface area (Å²) in [6.07, 6.45) is 7.23. The third-order valence-electron chi connectivity index (χ3n) is 3.64. The second-order valence-electron chi connectivity index (χ2n) is 5.81. The molecule has 0 spiro atoms. The van der Waals surface area contributed by atoms with Crippen LogP contribution < -0.4 is 0 Å². The molecule has 0 heterocycles. The second kappa shape index (κ2) is 5.31. The minimum absolute atomic E-state index is 0.296. The SMILES string of the molecule is CC(C)(N=CC1(C)C=CC=CC1F)c1ccccc1F. The number of rotatable bonds is 3. The molecule has 2 unspecified atom stereocenters. The number of aliphatic imine (C=N–C) groups is 1. The van der Waals surface area contributed by atoms with Crippen LogP contribution in [0, 0.1) is 11.2 Å². The summed E-state index contributed by atoms with van der Waals surface area (Å²) in [5.74, 6) is -0.296. The van der Waals surface area contributed by atoms with E-state index in [1.165, 1.54) is 12.1 Å². The Kier molecular flexibility index (Phi) is 3.89. The predicted octanol–water partition coefficient (Wildman–Crippen LogP) is 4.60. The molecular formula is C17H19F2N. The first-order valence-corrected chi connectivity index (χ1v) is 6.67. The highest BCUT2D eigenvalue weighted by atomic mass is 19.1. The van der Waals surface area contributed by atoms with Crippen molar-refractivity contribution in [1.29, 1.82) is 0 Å². The maximum atomic E-state index is 14.0. The Hall–Kier alpha value is -1.77. The van der Waals surface area contributed by atoms with Gasteiger partial charge in [0.25, 0.3) is 0 Å². The van der Waals surface area contributed by atoms with Crippen LogP contribution in [0.2, 0.25) is 0 Å². The van der Waals surface area contributed by atoms with Crippen LogP contribution in [0.3, 0.4) is 0 Å². The van der Waals surface area contributed by atoms with Crippen molar-refractivity contribution in [3.05, 3.63) is 60.0 Å². The van der Waals surface area contributed by atoms with Crippen molar-refractivity contribution in [1.82, 2.24) is 0 Å². The van der Waals surface area contributed by atoms with Crippen LogP contribution in [0.4, 0.5) is 8.78 Å². The third kappa shape index (κ3) is 2.87. The highest BCUT2D eigenvalue weighted by molar-refractivity contribution is 5.71. The Morgan fingerprint density at radius 3 is 2.60 bits per heavy atom. The minimum Gasteiger partial charge on any atom is -0.286 e. The van der Waals surface area contributed by atoms with E-state index >= 15 is 0 Å². The summed E-state index contributed by atoms with van der Waals surface area (Å²) < 4.78 is 27.8. The van der Waals surface area contributed by atoms with Gasteiger partial charge in [-0.05, 0) is 32.9 Å². The minimum atomic E-state index is -1.12. The highest BCUT2D eigenvalue weighted by Crippen LogP contribution is 2.32.